The Kier molecular flexibility index (Phi) is 4.68. The molecule has 5 nitrogen and oxygen atoms in total. The van der Waals surface area contributed by atoms with Crippen molar-refractivity contribution >= 4 is 5.97 Å². The van der Waals surface area contributed by atoms with Crippen LogP contribution in [0.4, 0.5) is 0 Å². The summed E-state index contributed by atoms with van der Waals surface area (Å²) in [6.45, 7) is 2.08. The molecule has 0 aliphatic carbocycles. The Balaban J connectivity index is 1.98. The normalized spacial score (nSPS) is 32.2. The monoisotopic (exact) mass is 318 g/mol. The van der Waals surface area contributed by atoms with Crippen LogP contribution in [0.5, 0.6) is 5.75 Å². The number of hydrogen-bond acceptors (Lipinski definition) is 5. The zero-order chi connectivity index (χ0) is 16.4. The maximum Gasteiger partial charge on any atom is 0.342 e. The fraction of sp³-hybridized carbons (Fsp3) is 0.500. The highest BCUT2D eigenvalue weighted by atomic mass is 16.7. The summed E-state index contributed by atoms with van der Waals surface area (Å²) in [6.07, 6.45) is 4.32. The second-order valence-electron chi connectivity index (χ2n) is 6.13. The number of carbonyl (C=O) groups excluding carboxylic acids is 1. The molecule has 2 bridgehead atoms. The van der Waals surface area contributed by atoms with E-state index in [2.05, 4.69) is 13.0 Å². The van der Waals surface area contributed by atoms with Crippen LogP contribution in [0.25, 0.3) is 0 Å². The molecule has 23 heavy (non-hydrogen) atoms. The van der Waals surface area contributed by atoms with Crippen molar-refractivity contribution in [3.8, 4) is 5.75 Å². The third-order valence-corrected chi connectivity index (χ3v) is 4.54. The standard InChI is InChI=1S/C18H22O5/c1-11-6-3-4-7-12-8-5-9-13(21-2)16(12)18(20)23-15-10-14(11)22-17(15)19/h3-5,8-9,11,14-15,17,19H,6-7,10H2,1-2H3/b4-3-/t11-,14+,15+,17-/m1/s1. The highest BCUT2D eigenvalue weighted by Crippen LogP contribution is 2.32. The molecule has 2 heterocycles. The van der Waals surface area contributed by atoms with Gasteiger partial charge in [0.05, 0.1) is 13.2 Å². The van der Waals surface area contributed by atoms with Crippen LogP contribution in [0.15, 0.2) is 30.4 Å². The first-order valence-corrected chi connectivity index (χ1v) is 7.95. The summed E-state index contributed by atoms with van der Waals surface area (Å²) in [4.78, 5) is 12.6. The largest absolute Gasteiger partial charge is 0.496 e. The van der Waals surface area contributed by atoms with Crippen molar-refractivity contribution in [2.75, 3.05) is 7.11 Å². The van der Waals surface area contributed by atoms with Crippen LogP contribution in [0.3, 0.4) is 0 Å². The smallest absolute Gasteiger partial charge is 0.342 e. The predicted octanol–water partition coefficient (Wildman–Crippen LogP) is 2.47. The van der Waals surface area contributed by atoms with Gasteiger partial charge in [0.25, 0.3) is 0 Å². The molecule has 0 saturated carbocycles. The minimum absolute atomic E-state index is 0.107. The molecule has 2 aliphatic heterocycles. The molecule has 0 spiro atoms. The molecular weight excluding hydrogens is 296 g/mol. The van der Waals surface area contributed by atoms with Crippen molar-refractivity contribution in [3.63, 3.8) is 0 Å². The van der Waals surface area contributed by atoms with Gasteiger partial charge in [0, 0.05) is 6.42 Å². The van der Waals surface area contributed by atoms with E-state index < -0.39 is 18.4 Å². The zero-order valence-electron chi connectivity index (χ0n) is 13.4. The van der Waals surface area contributed by atoms with E-state index in [1.807, 2.05) is 18.2 Å². The van der Waals surface area contributed by atoms with Crippen LogP contribution in [-0.2, 0) is 15.9 Å². The van der Waals surface area contributed by atoms with Crippen molar-refractivity contribution in [3.05, 3.63) is 41.5 Å². The molecule has 0 amide bonds. The van der Waals surface area contributed by atoms with Crippen LogP contribution in [0.2, 0.25) is 0 Å². The lowest BCUT2D eigenvalue weighted by Gasteiger charge is -2.18. The van der Waals surface area contributed by atoms with Gasteiger partial charge in [-0.2, -0.15) is 0 Å². The van der Waals surface area contributed by atoms with Gasteiger partial charge in [-0.1, -0.05) is 31.2 Å². The van der Waals surface area contributed by atoms with E-state index in [9.17, 15) is 9.90 Å². The molecule has 0 unspecified atom stereocenters. The molecule has 2 aliphatic rings. The molecule has 0 aromatic heterocycles. The second kappa shape index (κ2) is 6.72. The number of aliphatic hydroxyl groups is 1. The summed E-state index contributed by atoms with van der Waals surface area (Å²) in [5, 5.41) is 10.0. The number of esters is 1. The summed E-state index contributed by atoms with van der Waals surface area (Å²) < 4.78 is 16.4. The Bertz CT molecular complexity index is 609. The van der Waals surface area contributed by atoms with Gasteiger partial charge in [-0.25, -0.2) is 4.79 Å². The number of allylic oxidation sites excluding steroid dienone is 2. The van der Waals surface area contributed by atoms with Gasteiger partial charge < -0.3 is 19.3 Å². The number of fused-ring (bicyclic) bond motifs is 3. The van der Waals surface area contributed by atoms with Crippen molar-refractivity contribution in [1.29, 1.82) is 0 Å². The number of ether oxygens (including phenoxy) is 3. The molecule has 1 N–H and O–H groups in total. The van der Waals surface area contributed by atoms with E-state index in [-0.39, 0.29) is 12.0 Å². The third-order valence-electron chi connectivity index (χ3n) is 4.54. The quantitative estimate of drug-likeness (QED) is 0.636. The molecule has 5 heteroatoms. The average Bonchev–Trinajstić information content (AvgIpc) is 2.91. The zero-order valence-corrected chi connectivity index (χ0v) is 13.4. The highest BCUT2D eigenvalue weighted by molar-refractivity contribution is 5.94. The first kappa shape index (κ1) is 16.0. The molecule has 1 fully saturated rings. The topological polar surface area (TPSA) is 65.0 Å². The van der Waals surface area contributed by atoms with E-state index in [1.165, 1.54) is 7.11 Å². The van der Waals surface area contributed by atoms with Gasteiger partial charge >= 0.3 is 5.97 Å². The van der Waals surface area contributed by atoms with Gasteiger partial charge in [0.1, 0.15) is 11.3 Å². The number of benzene rings is 1. The first-order valence-electron chi connectivity index (χ1n) is 7.95. The van der Waals surface area contributed by atoms with Gasteiger partial charge in [-0.3, -0.25) is 0 Å². The molecular formula is C18H22O5. The van der Waals surface area contributed by atoms with E-state index >= 15 is 0 Å². The number of hydrogen-bond donors (Lipinski definition) is 1. The van der Waals surface area contributed by atoms with E-state index in [0.717, 1.165) is 12.0 Å². The highest BCUT2D eigenvalue weighted by Gasteiger charge is 2.39. The Morgan fingerprint density at radius 3 is 2.87 bits per heavy atom. The number of rotatable bonds is 1. The number of methoxy groups -OCH3 is 1. The molecule has 1 saturated heterocycles. The van der Waals surface area contributed by atoms with E-state index in [0.29, 0.717) is 24.2 Å². The molecule has 4 atom stereocenters. The number of carbonyl (C=O) groups is 1. The lowest BCUT2D eigenvalue weighted by molar-refractivity contribution is -0.136. The molecule has 3 rings (SSSR count). The fourth-order valence-electron chi connectivity index (χ4n) is 3.16. The SMILES string of the molecule is COc1cccc2c1C(=O)O[C@H]1C[C@H](O[C@H]1O)[C@H](C)C/C=C\C2. The molecule has 1 aromatic rings. The van der Waals surface area contributed by atoms with Crippen LogP contribution < -0.4 is 4.74 Å². The van der Waals surface area contributed by atoms with Gasteiger partial charge in [0.2, 0.25) is 0 Å². The van der Waals surface area contributed by atoms with Crippen LogP contribution in [0.1, 0.15) is 35.7 Å². The predicted molar refractivity (Wildman–Crippen MR) is 84.3 cm³/mol. The van der Waals surface area contributed by atoms with Crippen LogP contribution in [-0.4, -0.2) is 36.7 Å². The first-order chi connectivity index (χ1) is 11.1. The Hall–Kier alpha value is -1.85. The Morgan fingerprint density at radius 2 is 2.09 bits per heavy atom. The lowest BCUT2D eigenvalue weighted by Crippen LogP contribution is -2.27. The lowest BCUT2D eigenvalue weighted by atomic mass is 9.96. The van der Waals surface area contributed by atoms with E-state index in [4.69, 9.17) is 14.2 Å². The second-order valence-corrected chi connectivity index (χ2v) is 6.13. The van der Waals surface area contributed by atoms with Gasteiger partial charge in [0.15, 0.2) is 12.4 Å². The van der Waals surface area contributed by atoms with Crippen LogP contribution in [0, 0.1) is 5.92 Å². The van der Waals surface area contributed by atoms with Crippen molar-refractivity contribution in [2.45, 2.75) is 44.7 Å². The van der Waals surface area contributed by atoms with Crippen molar-refractivity contribution < 1.29 is 24.1 Å². The van der Waals surface area contributed by atoms with Crippen molar-refractivity contribution in [1.82, 2.24) is 0 Å². The minimum atomic E-state index is -1.07. The third kappa shape index (κ3) is 3.26. The minimum Gasteiger partial charge on any atom is -0.496 e. The van der Waals surface area contributed by atoms with Gasteiger partial charge in [-0.15, -0.1) is 0 Å². The summed E-state index contributed by atoms with van der Waals surface area (Å²) in [7, 11) is 1.53. The van der Waals surface area contributed by atoms with Crippen molar-refractivity contribution in [2.24, 2.45) is 5.92 Å². The summed E-state index contributed by atoms with van der Waals surface area (Å²) >= 11 is 0. The fourth-order valence-corrected chi connectivity index (χ4v) is 3.16. The summed E-state index contributed by atoms with van der Waals surface area (Å²) in [6, 6.07) is 5.49. The number of aliphatic hydroxyl groups excluding tert-OH is 1. The maximum atomic E-state index is 12.6. The van der Waals surface area contributed by atoms with E-state index in [1.54, 1.807) is 6.07 Å². The van der Waals surface area contributed by atoms with Crippen LogP contribution >= 0.6 is 0 Å². The Labute approximate surface area is 135 Å². The average molecular weight is 318 g/mol. The maximum absolute atomic E-state index is 12.6. The summed E-state index contributed by atoms with van der Waals surface area (Å²) in [5.74, 6) is 0.262. The molecule has 124 valence electrons. The molecule has 0 radical (unpaired) electrons. The Morgan fingerprint density at radius 1 is 1.26 bits per heavy atom. The summed E-state index contributed by atoms with van der Waals surface area (Å²) in [5.41, 5.74) is 1.27. The van der Waals surface area contributed by atoms with Gasteiger partial charge in [-0.05, 0) is 30.4 Å². The molecule has 1 aromatic carbocycles.